The van der Waals surface area contributed by atoms with Gasteiger partial charge in [-0.3, -0.25) is 0 Å². The molecule has 0 heterocycles. The van der Waals surface area contributed by atoms with Gasteiger partial charge in [0.15, 0.2) is 0 Å². The molecule has 82 valence electrons. The minimum Gasteiger partial charge on any atom is -0.480 e. The molecule has 0 aliphatic carbocycles. The first kappa shape index (κ1) is 12.7. The fourth-order valence-corrected chi connectivity index (χ4v) is 1.01. The number of ether oxygens (including phenoxy) is 1. The topological polar surface area (TPSA) is 75.6 Å². The first-order valence-corrected chi connectivity index (χ1v) is 4.63. The van der Waals surface area contributed by atoms with E-state index in [1.54, 1.807) is 6.92 Å². The molecular weight excluding hydrogens is 186 g/mol. The molecule has 0 radical (unpaired) electrons. The molecule has 2 N–H and O–H groups in total. The second kappa shape index (κ2) is 6.23. The lowest BCUT2D eigenvalue weighted by Crippen LogP contribution is -2.41. The Bertz CT molecular complexity index is 203. The van der Waals surface area contributed by atoms with Crippen molar-refractivity contribution in [2.24, 2.45) is 5.92 Å². The Morgan fingerprint density at radius 1 is 1.43 bits per heavy atom. The van der Waals surface area contributed by atoms with Gasteiger partial charge in [-0.1, -0.05) is 13.8 Å². The van der Waals surface area contributed by atoms with Gasteiger partial charge in [-0.25, -0.2) is 9.59 Å². The molecular formula is C9H17NO4. The van der Waals surface area contributed by atoms with Gasteiger partial charge in [-0.15, -0.1) is 0 Å². The number of carbonyl (C=O) groups is 2. The van der Waals surface area contributed by atoms with E-state index >= 15 is 0 Å². The third kappa shape index (κ3) is 5.40. The molecule has 0 rings (SSSR count). The van der Waals surface area contributed by atoms with Crippen LogP contribution >= 0.6 is 0 Å². The molecule has 0 aromatic rings. The van der Waals surface area contributed by atoms with Gasteiger partial charge in [-0.2, -0.15) is 0 Å². The first-order valence-electron chi connectivity index (χ1n) is 4.63. The molecule has 5 nitrogen and oxygen atoms in total. The Labute approximate surface area is 83.4 Å². The zero-order chi connectivity index (χ0) is 11.1. The van der Waals surface area contributed by atoms with Gasteiger partial charge < -0.3 is 15.2 Å². The van der Waals surface area contributed by atoms with E-state index in [2.05, 4.69) is 10.1 Å². The van der Waals surface area contributed by atoms with E-state index in [-0.39, 0.29) is 12.5 Å². The highest BCUT2D eigenvalue weighted by molar-refractivity contribution is 5.79. The smallest absolute Gasteiger partial charge is 0.407 e. The summed E-state index contributed by atoms with van der Waals surface area (Å²) >= 11 is 0. The maximum atomic E-state index is 10.9. The largest absolute Gasteiger partial charge is 0.480 e. The fourth-order valence-electron chi connectivity index (χ4n) is 1.01. The fraction of sp³-hybridized carbons (Fsp3) is 0.778. The van der Waals surface area contributed by atoms with Crippen LogP contribution in [0.1, 0.15) is 27.2 Å². The van der Waals surface area contributed by atoms with Crippen molar-refractivity contribution in [3.63, 3.8) is 0 Å². The number of amides is 1. The van der Waals surface area contributed by atoms with E-state index < -0.39 is 18.1 Å². The molecule has 14 heavy (non-hydrogen) atoms. The lowest BCUT2D eigenvalue weighted by Gasteiger charge is -2.15. The number of alkyl carbamates (subject to hydrolysis) is 1. The molecule has 0 aliphatic heterocycles. The Kier molecular flexibility index (Phi) is 5.67. The van der Waals surface area contributed by atoms with Crippen molar-refractivity contribution in [1.82, 2.24) is 5.32 Å². The number of aliphatic carboxylic acids is 1. The van der Waals surface area contributed by atoms with Crippen LogP contribution in [0.25, 0.3) is 0 Å². The molecule has 0 spiro atoms. The molecule has 0 saturated heterocycles. The van der Waals surface area contributed by atoms with E-state index in [0.29, 0.717) is 6.42 Å². The van der Waals surface area contributed by atoms with E-state index in [0.717, 1.165) is 0 Å². The highest BCUT2D eigenvalue weighted by Gasteiger charge is 2.21. The normalized spacial score (nSPS) is 12.3. The van der Waals surface area contributed by atoms with Crippen LogP contribution in [0.5, 0.6) is 0 Å². The minimum absolute atomic E-state index is 0.207. The number of hydrogen-bond acceptors (Lipinski definition) is 3. The summed E-state index contributed by atoms with van der Waals surface area (Å²) in [4.78, 5) is 21.6. The standard InChI is InChI=1S/C9H17NO4/c1-4-14-9(13)10-7(8(11)12)5-6(2)3/h6-7H,4-5H2,1-3H3,(H,10,13)(H,11,12). The van der Waals surface area contributed by atoms with Crippen molar-refractivity contribution in [2.75, 3.05) is 6.61 Å². The summed E-state index contributed by atoms with van der Waals surface area (Å²) in [6.07, 6.45) is -0.283. The van der Waals surface area contributed by atoms with Crippen molar-refractivity contribution in [3.05, 3.63) is 0 Å². The molecule has 0 aromatic heterocycles. The van der Waals surface area contributed by atoms with Crippen molar-refractivity contribution in [2.45, 2.75) is 33.2 Å². The summed E-state index contributed by atoms with van der Waals surface area (Å²) < 4.78 is 4.59. The molecule has 0 fully saturated rings. The number of carboxylic acids is 1. The molecule has 0 bridgehead atoms. The van der Waals surface area contributed by atoms with Gasteiger partial charge >= 0.3 is 12.1 Å². The zero-order valence-corrected chi connectivity index (χ0v) is 8.74. The monoisotopic (exact) mass is 203 g/mol. The minimum atomic E-state index is -1.04. The third-order valence-corrected chi connectivity index (χ3v) is 1.57. The van der Waals surface area contributed by atoms with Crippen molar-refractivity contribution >= 4 is 12.1 Å². The van der Waals surface area contributed by atoms with Gasteiger partial charge in [-0.05, 0) is 19.3 Å². The Morgan fingerprint density at radius 3 is 2.36 bits per heavy atom. The molecule has 0 aliphatic rings. The van der Waals surface area contributed by atoms with Crippen molar-refractivity contribution in [3.8, 4) is 0 Å². The average molecular weight is 203 g/mol. The van der Waals surface area contributed by atoms with E-state index in [4.69, 9.17) is 5.11 Å². The average Bonchev–Trinajstić information content (AvgIpc) is 2.02. The molecule has 0 aromatic carbocycles. The van der Waals surface area contributed by atoms with Crippen LogP contribution in [0.2, 0.25) is 0 Å². The van der Waals surface area contributed by atoms with Crippen LogP contribution in [-0.2, 0) is 9.53 Å². The van der Waals surface area contributed by atoms with Crippen LogP contribution in [0.3, 0.4) is 0 Å². The van der Waals surface area contributed by atoms with Crippen molar-refractivity contribution in [1.29, 1.82) is 0 Å². The third-order valence-electron chi connectivity index (χ3n) is 1.57. The molecule has 5 heteroatoms. The number of carboxylic acid groups (broad SMARTS) is 1. The Hall–Kier alpha value is -1.26. The number of rotatable bonds is 5. The molecule has 0 saturated carbocycles. The Morgan fingerprint density at radius 2 is 2.00 bits per heavy atom. The lowest BCUT2D eigenvalue weighted by molar-refractivity contribution is -0.139. The van der Waals surface area contributed by atoms with Crippen molar-refractivity contribution < 1.29 is 19.4 Å². The highest BCUT2D eigenvalue weighted by Crippen LogP contribution is 2.04. The van der Waals surface area contributed by atoms with Crippen LogP contribution < -0.4 is 5.32 Å². The maximum absolute atomic E-state index is 10.9. The maximum Gasteiger partial charge on any atom is 0.407 e. The number of hydrogen-bond donors (Lipinski definition) is 2. The van der Waals surface area contributed by atoms with E-state index in [9.17, 15) is 9.59 Å². The summed E-state index contributed by atoms with van der Waals surface area (Å²) in [6, 6.07) is -0.867. The summed E-state index contributed by atoms with van der Waals surface area (Å²) in [7, 11) is 0. The van der Waals surface area contributed by atoms with Crippen LogP contribution in [-0.4, -0.2) is 29.8 Å². The molecule has 1 amide bonds. The van der Waals surface area contributed by atoms with E-state index in [1.807, 2.05) is 13.8 Å². The highest BCUT2D eigenvalue weighted by atomic mass is 16.5. The second-order valence-electron chi connectivity index (χ2n) is 3.39. The number of nitrogens with one attached hydrogen (secondary N) is 1. The molecule has 1 atom stereocenters. The van der Waals surface area contributed by atoms with Gasteiger partial charge in [0, 0.05) is 0 Å². The van der Waals surface area contributed by atoms with Gasteiger partial charge in [0.05, 0.1) is 6.61 Å². The van der Waals surface area contributed by atoms with Crippen LogP contribution in [0, 0.1) is 5.92 Å². The zero-order valence-electron chi connectivity index (χ0n) is 8.74. The predicted molar refractivity (Wildman–Crippen MR) is 51.0 cm³/mol. The molecule has 1 unspecified atom stereocenters. The number of carbonyl (C=O) groups excluding carboxylic acids is 1. The quantitative estimate of drug-likeness (QED) is 0.704. The summed E-state index contributed by atoms with van der Waals surface area (Å²) in [6.45, 7) is 5.68. The van der Waals surface area contributed by atoms with Crippen LogP contribution in [0.4, 0.5) is 4.79 Å². The SMILES string of the molecule is CCOC(=O)NC(CC(C)C)C(=O)O. The summed E-state index contributed by atoms with van der Waals surface area (Å²) in [5.41, 5.74) is 0. The van der Waals surface area contributed by atoms with Gasteiger partial charge in [0.25, 0.3) is 0 Å². The second-order valence-corrected chi connectivity index (χ2v) is 3.39. The lowest BCUT2D eigenvalue weighted by atomic mass is 10.0. The summed E-state index contributed by atoms with van der Waals surface area (Å²) in [5.74, 6) is -0.829. The van der Waals surface area contributed by atoms with E-state index in [1.165, 1.54) is 0 Å². The van der Waals surface area contributed by atoms with Gasteiger partial charge in [0.2, 0.25) is 0 Å². The van der Waals surface area contributed by atoms with Gasteiger partial charge in [0.1, 0.15) is 6.04 Å². The van der Waals surface area contributed by atoms with Crippen LogP contribution in [0.15, 0.2) is 0 Å². The summed E-state index contributed by atoms with van der Waals surface area (Å²) in [5, 5.41) is 11.1. The Balaban J connectivity index is 4.09. The first-order chi connectivity index (χ1) is 6.47. The predicted octanol–water partition coefficient (Wildman–Crippen LogP) is 1.23.